The normalized spacial score (nSPS) is 9.75. The minimum absolute atomic E-state index is 0.407. The van der Waals surface area contributed by atoms with E-state index in [1.807, 2.05) is 12.1 Å². The van der Waals surface area contributed by atoms with Crippen LogP contribution in [0.5, 0.6) is 0 Å². The highest BCUT2D eigenvalue weighted by molar-refractivity contribution is 7.99. The summed E-state index contributed by atoms with van der Waals surface area (Å²) in [7, 11) is 0. The zero-order valence-corrected chi connectivity index (χ0v) is 9.66. The Balaban J connectivity index is 2.27. The molecule has 3 nitrogen and oxygen atoms in total. The minimum Gasteiger partial charge on any atom is -0.248 e. The molecule has 2 aromatic heterocycles. The van der Waals surface area contributed by atoms with Crippen molar-refractivity contribution in [1.82, 2.24) is 9.97 Å². The van der Waals surface area contributed by atoms with Crippen molar-refractivity contribution >= 4 is 23.4 Å². The lowest BCUT2D eigenvalue weighted by Gasteiger charge is -2.01. The molecule has 0 radical (unpaired) electrons. The Bertz CT molecular complexity index is 534. The first kappa shape index (κ1) is 10.9. The molecule has 78 valence electrons. The number of pyridine rings is 2. The summed E-state index contributed by atoms with van der Waals surface area (Å²) < 4.78 is 0. The van der Waals surface area contributed by atoms with Gasteiger partial charge in [0.2, 0.25) is 0 Å². The molecule has 0 atom stereocenters. The van der Waals surface area contributed by atoms with E-state index in [4.69, 9.17) is 16.9 Å². The zero-order valence-electron chi connectivity index (χ0n) is 8.09. The summed E-state index contributed by atoms with van der Waals surface area (Å²) >= 11 is 7.13. The highest BCUT2D eigenvalue weighted by atomic mass is 35.5. The Morgan fingerprint density at radius 1 is 1.25 bits per heavy atom. The van der Waals surface area contributed by atoms with Gasteiger partial charge in [-0.15, -0.1) is 0 Å². The second kappa shape index (κ2) is 4.97. The summed E-state index contributed by atoms with van der Waals surface area (Å²) in [6.45, 7) is 0. The van der Waals surface area contributed by atoms with Gasteiger partial charge in [-0.3, -0.25) is 0 Å². The van der Waals surface area contributed by atoms with Crippen molar-refractivity contribution in [3.63, 3.8) is 0 Å². The van der Waals surface area contributed by atoms with E-state index in [1.54, 1.807) is 30.6 Å². The fourth-order valence-corrected chi connectivity index (χ4v) is 2.01. The summed E-state index contributed by atoms with van der Waals surface area (Å²) in [5.41, 5.74) is 0.407. The van der Waals surface area contributed by atoms with Gasteiger partial charge in [0.1, 0.15) is 11.1 Å². The van der Waals surface area contributed by atoms with E-state index in [0.29, 0.717) is 10.7 Å². The van der Waals surface area contributed by atoms with Gasteiger partial charge in [0.05, 0.1) is 9.92 Å². The second-order valence-corrected chi connectivity index (χ2v) is 4.38. The van der Waals surface area contributed by atoms with Crippen molar-refractivity contribution in [2.24, 2.45) is 0 Å². The third-order valence-electron chi connectivity index (χ3n) is 1.79. The van der Waals surface area contributed by atoms with E-state index in [1.165, 1.54) is 11.8 Å². The number of hydrogen-bond acceptors (Lipinski definition) is 4. The first-order valence-corrected chi connectivity index (χ1v) is 5.63. The fraction of sp³-hybridized carbons (Fsp3) is 0. The van der Waals surface area contributed by atoms with Crippen molar-refractivity contribution in [1.29, 1.82) is 5.26 Å². The quantitative estimate of drug-likeness (QED) is 0.818. The first-order chi connectivity index (χ1) is 7.79. The lowest BCUT2D eigenvalue weighted by molar-refractivity contribution is 1.12. The van der Waals surface area contributed by atoms with Crippen LogP contribution in [0.4, 0.5) is 0 Å². The molecule has 0 bridgehead atoms. The SMILES string of the molecule is N#Cc1ncccc1Sc1ccc(Cl)cn1. The van der Waals surface area contributed by atoms with Crippen LogP contribution in [-0.4, -0.2) is 9.97 Å². The van der Waals surface area contributed by atoms with Gasteiger partial charge < -0.3 is 0 Å². The molecule has 2 heterocycles. The maximum Gasteiger partial charge on any atom is 0.154 e. The van der Waals surface area contributed by atoms with Gasteiger partial charge in [0.25, 0.3) is 0 Å². The largest absolute Gasteiger partial charge is 0.248 e. The summed E-state index contributed by atoms with van der Waals surface area (Å²) in [5, 5.41) is 10.3. The maximum atomic E-state index is 8.87. The molecule has 0 aliphatic heterocycles. The predicted octanol–water partition coefficient (Wildman–Crippen LogP) is 3.15. The lowest BCUT2D eigenvalue weighted by atomic mass is 10.4. The van der Waals surface area contributed by atoms with Crippen molar-refractivity contribution in [3.8, 4) is 6.07 Å². The molecule has 0 unspecified atom stereocenters. The summed E-state index contributed by atoms with van der Waals surface area (Å²) in [4.78, 5) is 8.91. The van der Waals surface area contributed by atoms with Crippen LogP contribution in [0.25, 0.3) is 0 Å². The molecule has 0 spiro atoms. The molecule has 0 saturated heterocycles. The van der Waals surface area contributed by atoms with Crippen molar-refractivity contribution in [2.45, 2.75) is 9.92 Å². The molecule has 0 aliphatic rings. The number of rotatable bonds is 2. The Morgan fingerprint density at radius 3 is 2.81 bits per heavy atom. The number of hydrogen-bond donors (Lipinski definition) is 0. The van der Waals surface area contributed by atoms with Gasteiger partial charge in [0, 0.05) is 12.4 Å². The molecule has 0 aromatic carbocycles. The van der Waals surface area contributed by atoms with Gasteiger partial charge in [-0.25, -0.2) is 9.97 Å². The van der Waals surface area contributed by atoms with E-state index in [0.717, 1.165) is 9.92 Å². The van der Waals surface area contributed by atoms with Crippen LogP contribution in [0.15, 0.2) is 46.6 Å². The summed E-state index contributed by atoms with van der Waals surface area (Å²) in [6, 6.07) is 9.24. The first-order valence-electron chi connectivity index (χ1n) is 4.44. The van der Waals surface area contributed by atoms with Crippen LogP contribution in [0, 0.1) is 11.3 Å². The van der Waals surface area contributed by atoms with Gasteiger partial charge >= 0.3 is 0 Å². The van der Waals surface area contributed by atoms with Crippen LogP contribution < -0.4 is 0 Å². The van der Waals surface area contributed by atoms with Gasteiger partial charge in [-0.2, -0.15) is 5.26 Å². The van der Waals surface area contributed by atoms with E-state index in [-0.39, 0.29) is 0 Å². The molecular weight excluding hydrogens is 242 g/mol. The monoisotopic (exact) mass is 247 g/mol. The molecule has 0 aliphatic carbocycles. The molecule has 0 N–H and O–H groups in total. The van der Waals surface area contributed by atoms with Crippen molar-refractivity contribution in [3.05, 3.63) is 47.4 Å². The standard InChI is InChI=1S/C11H6ClN3S/c12-8-3-4-11(15-7-8)16-10-2-1-5-14-9(10)6-13/h1-5,7H. The van der Waals surface area contributed by atoms with Crippen LogP contribution in [0.1, 0.15) is 5.69 Å². The Kier molecular flexibility index (Phi) is 3.40. The smallest absolute Gasteiger partial charge is 0.154 e. The molecule has 0 fully saturated rings. The highest BCUT2D eigenvalue weighted by Gasteiger charge is 2.05. The number of aromatic nitrogens is 2. The minimum atomic E-state index is 0.407. The molecule has 2 aromatic rings. The van der Waals surface area contributed by atoms with E-state index < -0.39 is 0 Å². The number of nitrogens with zero attached hydrogens (tertiary/aromatic N) is 3. The molecule has 0 saturated carbocycles. The topological polar surface area (TPSA) is 49.6 Å². The average molecular weight is 248 g/mol. The fourth-order valence-electron chi connectivity index (χ4n) is 1.09. The number of halogens is 1. The third kappa shape index (κ3) is 2.51. The molecular formula is C11H6ClN3S. The van der Waals surface area contributed by atoms with Crippen LogP contribution >= 0.6 is 23.4 Å². The van der Waals surface area contributed by atoms with Crippen LogP contribution in [0.2, 0.25) is 5.02 Å². The predicted molar refractivity (Wildman–Crippen MR) is 62.3 cm³/mol. The third-order valence-corrected chi connectivity index (χ3v) is 3.01. The van der Waals surface area contributed by atoms with Gasteiger partial charge in [-0.05, 0) is 24.3 Å². The number of nitriles is 1. The van der Waals surface area contributed by atoms with Gasteiger partial charge in [0.15, 0.2) is 5.69 Å². The molecule has 5 heteroatoms. The summed E-state index contributed by atoms with van der Waals surface area (Å²) in [6.07, 6.45) is 3.17. The molecule has 2 rings (SSSR count). The second-order valence-electron chi connectivity index (χ2n) is 2.88. The van der Waals surface area contributed by atoms with E-state index in [9.17, 15) is 0 Å². The average Bonchev–Trinajstić information content (AvgIpc) is 2.33. The van der Waals surface area contributed by atoms with Crippen LogP contribution in [-0.2, 0) is 0 Å². The molecule has 0 amide bonds. The Hall–Kier alpha value is -1.57. The van der Waals surface area contributed by atoms with Crippen LogP contribution in [0.3, 0.4) is 0 Å². The van der Waals surface area contributed by atoms with Crippen molar-refractivity contribution in [2.75, 3.05) is 0 Å². The Labute approximate surface area is 102 Å². The van der Waals surface area contributed by atoms with E-state index >= 15 is 0 Å². The summed E-state index contributed by atoms with van der Waals surface area (Å²) in [5.74, 6) is 0. The lowest BCUT2D eigenvalue weighted by Crippen LogP contribution is -1.86. The van der Waals surface area contributed by atoms with E-state index in [2.05, 4.69) is 9.97 Å². The Morgan fingerprint density at radius 2 is 2.12 bits per heavy atom. The zero-order chi connectivity index (χ0) is 11.4. The van der Waals surface area contributed by atoms with Crippen molar-refractivity contribution < 1.29 is 0 Å². The maximum absolute atomic E-state index is 8.87. The molecule has 16 heavy (non-hydrogen) atoms. The highest BCUT2D eigenvalue weighted by Crippen LogP contribution is 2.27. The van der Waals surface area contributed by atoms with Gasteiger partial charge in [-0.1, -0.05) is 23.4 Å².